The maximum atomic E-state index is 13.1. The van der Waals surface area contributed by atoms with Crippen LogP contribution in [-0.4, -0.2) is 23.6 Å². The lowest BCUT2D eigenvalue weighted by molar-refractivity contribution is 0.509. The van der Waals surface area contributed by atoms with Crippen LogP contribution >= 0.6 is 0 Å². The van der Waals surface area contributed by atoms with Crippen LogP contribution in [0.3, 0.4) is 0 Å². The number of benzene rings is 1. The summed E-state index contributed by atoms with van der Waals surface area (Å²) < 4.78 is 26.0. The first-order valence-corrected chi connectivity index (χ1v) is 5.34. The zero-order valence-electron chi connectivity index (χ0n) is 9.43. The van der Waals surface area contributed by atoms with E-state index in [0.717, 1.165) is 30.8 Å². The second kappa shape index (κ2) is 5.05. The summed E-state index contributed by atoms with van der Waals surface area (Å²) >= 11 is 0. The second-order valence-corrected chi connectivity index (χ2v) is 3.71. The van der Waals surface area contributed by atoms with Gasteiger partial charge in [0, 0.05) is 24.2 Å². The lowest BCUT2D eigenvalue weighted by atomic mass is 10.1. The maximum Gasteiger partial charge on any atom is 0.159 e. The van der Waals surface area contributed by atoms with E-state index in [1.54, 1.807) is 6.33 Å². The number of nitrogens with one attached hydrogen (secondary N) is 2. The number of hydrogen-bond acceptors (Lipinski definition) is 2. The SMILES string of the molecule is CNCCc1[nH]cnc1-c1ccc(F)c(F)c1. The van der Waals surface area contributed by atoms with E-state index in [1.165, 1.54) is 6.07 Å². The van der Waals surface area contributed by atoms with Crippen LogP contribution in [0.15, 0.2) is 24.5 Å². The molecule has 2 N–H and O–H groups in total. The van der Waals surface area contributed by atoms with Crippen molar-refractivity contribution in [1.82, 2.24) is 15.3 Å². The van der Waals surface area contributed by atoms with Crippen molar-refractivity contribution in [3.8, 4) is 11.3 Å². The van der Waals surface area contributed by atoms with Gasteiger partial charge in [0.2, 0.25) is 0 Å². The molecule has 3 nitrogen and oxygen atoms in total. The molecule has 0 aliphatic heterocycles. The van der Waals surface area contributed by atoms with Gasteiger partial charge in [0.05, 0.1) is 12.0 Å². The first-order chi connectivity index (χ1) is 8.22. The third kappa shape index (κ3) is 2.50. The number of nitrogens with zero attached hydrogens (tertiary/aromatic N) is 1. The molecular formula is C12H13F2N3. The molecule has 5 heteroatoms. The molecule has 0 aliphatic rings. The van der Waals surface area contributed by atoms with Crippen LogP contribution < -0.4 is 5.32 Å². The molecule has 0 aliphatic carbocycles. The van der Waals surface area contributed by atoms with Crippen molar-refractivity contribution in [3.05, 3.63) is 41.9 Å². The molecule has 0 fully saturated rings. The van der Waals surface area contributed by atoms with E-state index in [0.29, 0.717) is 11.3 Å². The van der Waals surface area contributed by atoms with E-state index in [9.17, 15) is 8.78 Å². The van der Waals surface area contributed by atoms with Crippen molar-refractivity contribution >= 4 is 0 Å². The van der Waals surface area contributed by atoms with Gasteiger partial charge in [-0.2, -0.15) is 0 Å². The summed E-state index contributed by atoms with van der Waals surface area (Å²) in [6, 6.07) is 3.80. The molecule has 2 aromatic rings. The molecule has 1 aromatic carbocycles. The van der Waals surface area contributed by atoms with Crippen molar-refractivity contribution in [2.75, 3.05) is 13.6 Å². The van der Waals surface area contributed by atoms with Gasteiger partial charge in [-0.3, -0.25) is 0 Å². The minimum Gasteiger partial charge on any atom is -0.348 e. The summed E-state index contributed by atoms with van der Waals surface area (Å²) in [4.78, 5) is 7.14. The summed E-state index contributed by atoms with van der Waals surface area (Å²) in [5, 5.41) is 3.02. The highest BCUT2D eigenvalue weighted by molar-refractivity contribution is 5.61. The highest BCUT2D eigenvalue weighted by Gasteiger charge is 2.10. The molecule has 0 saturated heterocycles. The number of halogens is 2. The Morgan fingerprint density at radius 2 is 2.12 bits per heavy atom. The minimum atomic E-state index is -0.856. The third-order valence-electron chi connectivity index (χ3n) is 2.54. The third-order valence-corrected chi connectivity index (χ3v) is 2.54. The van der Waals surface area contributed by atoms with E-state index in [-0.39, 0.29) is 0 Å². The molecule has 1 aromatic heterocycles. The quantitative estimate of drug-likeness (QED) is 0.855. The van der Waals surface area contributed by atoms with Crippen LogP contribution in [0.25, 0.3) is 11.3 Å². The highest BCUT2D eigenvalue weighted by atomic mass is 19.2. The van der Waals surface area contributed by atoms with Gasteiger partial charge in [-0.05, 0) is 25.2 Å². The van der Waals surface area contributed by atoms with Crippen LogP contribution in [0.2, 0.25) is 0 Å². The molecule has 0 atom stereocenters. The average Bonchev–Trinajstić information content (AvgIpc) is 2.78. The smallest absolute Gasteiger partial charge is 0.159 e. The first kappa shape index (κ1) is 11.7. The Morgan fingerprint density at radius 1 is 1.29 bits per heavy atom. The maximum absolute atomic E-state index is 13.1. The fourth-order valence-electron chi connectivity index (χ4n) is 1.65. The number of aromatic nitrogens is 2. The average molecular weight is 237 g/mol. The molecular weight excluding hydrogens is 224 g/mol. The van der Waals surface area contributed by atoms with E-state index < -0.39 is 11.6 Å². The minimum absolute atomic E-state index is 0.580. The molecule has 0 amide bonds. The van der Waals surface area contributed by atoms with Crippen molar-refractivity contribution < 1.29 is 8.78 Å². The van der Waals surface area contributed by atoms with E-state index in [4.69, 9.17) is 0 Å². The Balaban J connectivity index is 2.32. The molecule has 0 radical (unpaired) electrons. The predicted octanol–water partition coefficient (Wildman–Crippen LogP) is 2.12. The highest BCUT2D eigenvalue weighted by Crippen LogP contribution is 2.22. The van der Waals surface area contributed by atoms with Gasteiger partial charge >= 0.3 is 0 Å². The predicted molar refractivity (Wildman–Crippen MR) is 61.6 cm³/mol. The zero-order valence-corrected chi connectivity index (χ0v) is 9.43. The van der Waals surface area contributed by atoms with E-state index >= 15 is 0 Å². The second-order valence-electron chi connectivity index (χ2n) is 3.71. The number of rotatable bonds is 4. The molecule has 0 bridgehead atoms. The number of imidazole rings is 1. The van der Waals surface area contributed by atoms with Gasteiger partial charge in [-0.1, -0.05) is 0 Å². The van der Waals surface area contributed by atoms with Crippen LogP contribution in [-0.2, 0) is 6.42 Å². The molecule has 0 unspecified atom stereocenters. The number of H-pyrrole nitrogens is 1. The first-order valence-electron chi connectivity index (χ1n) is 5.34. The zero-order chi connectivity index (χ0) is 12.3. The van der Waals surface area contributed by atoms with E-state index in [1.807, 2.05) is 7.05 Å². The Kier molecular flexibility index (Phi) is 3.49. The van der Waals surface area contributed by atoms with Gasteiger partial charge < -0.3 is 10.3 Å². The van der Waals surface area contributed by atoms with Crippen molar-refractivity contribution in [2.45, 2.75) is 6.42 Å². The summed E-state index contributed by atoms with van der Waals surface area (Å²) in [6.07, 6.45) is 2.31. The van der Waals surface area contributed by atoms with Gasteiger partial charge in [-0.25, -0.2) is 13.8 Å². The summed E-state index contributed by atoms with van der Waals surface area (Å²) in [6.45, 7) is 0.791. The molecule has 0 saturated carbocycles. The van der Waals surface area contributed by atoms with Crippen LogP contribution in [0, 0.1) is 11.6 Å². The van der Waals surface area contributed by atoms with Crippen molar-refractivity contribution in [3.63, 3.8) is 0 Å². The largest absolute Gasteiger partial charge is 0.348 e. The topological polar surface area (TPSA) is 40.7 Å². The van der Waals surface area contributed by atoms with Gasteiger partial charge in [0.25, 0.3) is 0 Å². The summed E-state index contributed by atoms with van der Waals surface area (Å²) in [5.41, 5.74) is 2.15. The van der Waals surface area contributed by atoms with Crippen LogP contribution in [0.5, 0.6) is 0 Å². The van der Waals surface area contributed by atoms with Gasteiger partial charge in [0.15, 0.2) is 11.6 Å². The molecule has 17 heavy (non-hydrogen) atoms. The molecule has 90 valence electrons. The lowest BCUT2D eigenvalue weighted by Gasteiger charge is -2.03. The normalized spacial score (nSPS) is 10.8. The molecule has 2 rings (SSSR count). The van der Waals surface area contributed by atoms with Crippen LogP contribution in [0.1, 0.15) is 5.69 Å². The fraction of sp³-hybridized carbons (Fsp3) is 0.250. The fourth-order valence-corrected chi connectivity index (χ4v) is 1.65. The van der Waals surface area contributed by atoms with Crippen LogP contribution in [0.4, 0.5) is 8.78 Å². The number of hydrogen-bond donors (Lipinski definition) is 2. The number of likely N-dealkylation sites (N-methyl/N-ethyl adjacent to an activating group) is 1. The summed E-state index contributed by atoms with van der Waals surface area (Å²) in [7, 11) is 1.85. The standard InChI is InChI=1S/C12H13F2N3/c1-15-5-4-11-12(17-7-16-11)8-2-3-9(13)10(14)6-8/h2-3,6-7,15H,4-5H2,1H3,(H,16,17). The Hall–Kier alpha value is -1.75. The monoisotopic (exact) mass is 237 g/mol. The van der Waals surface area contributed by atoms with E-state index in [2.05, 4.69) is 15.3 Å². The number of aromatic amines is 1. The Morgan fingerprint density at radius 3 is 2.82 bits per heavy atom. The van der Waals surface area contributed by atoms with Crippen molar-refractivity contribution in [1.29, 1.82) is 0 Å². The molecule has 1 heterocycles. The van der Waals surface area contributed by atoms with Gasteiger partial charge in [0.1, 0.15) is 0 Å². The lowest BCUT2D eigenvalue weighted by Crippen LogP contribution is -2.11. The Bertz CT molecular complexity index is 508. The Labute approximate surface area is 97.9 Å². The van der Waals surface area contributed by atoms with Crippen molar-refractivity contribution in [2.24, 2.45) is 0 Å². The van der Waals surface area contributed by atoms with Gasteiger partial charge in [-0.15, -0.1) is 0 Å². The molecule has 0 spiro atoms. The summed E-state index contributed by atoms with van der Waals surface area (Å²) in [5.74, 6) is -1.70.